The third-order valence-corrected chi connectivity index (χ3v) is 5.83. The van der Waals surface area contributed by atoms with Crippen LogP contribution in [0.5, 0.6) is 11.5 Å². The minimum absolute atomic E-state index is 0.0652. The minimum Gasteiger partial charge on any atom is -0.481 e. The number of carbonyl (C=O) groups excluding carboxylic acids is 1. The van der Waals surface area contributed by atoms with Crippen LogP contribution < -0.4 is 4.74 Å². The molecule has 0 bridgehead atoms. The second-order valence-corrected chi connectivity index (χ2v) is 8.30. The predicted molar refractivity (Wildman–Crippen MR) is 111 cm³/mol. The van der Waals surface area contributed by atoms with Crippen molar-refractivity contribution in [2.24, 2.45) is 0 Å². The maximum absolute atomic E-state index is 14.5. The summed E-state index contributed by atoms with van der Waals surface area (Å²) in [7, 11) is 0. The predicted octanol–water partition coefficient (Wildman–Crippen LogP) is 3.10. The normalized spacial score (nSPS) is 16.0. The van der Waals surface area contributed by atoms with Crippen molar-refractivity contribution in [3.8, 4) is 11.5 Å². The van der Waals surface area contributed by atoms with Crippen molar-refractivity contribution in [2.45, 2.75) is 18.1 Å². The number of carbonyl (C=O) groups is 3. The number of thiocarbonyl (C=S) groups is 1. The van der Waals surface area contributed by atoms with Crippen molar-refractivity contribution in [3.05, 3.63) is 59.4 Å². The summed E-state index contributed by atoms with van der Waals surface area (Å²) >= 11 is 6.09. The Kier molecular flexibility index (Phi) is 6.68. The highest BCUT2D eigenvalue weighted by molar-refractivity contribution is 8.24. The van der Waals surface area contributed by atoms with Gasteiger partial charge in [0.1, 0.15) is 28.2 Å². The number of amides is 1. The van der Waals surface area contributed by atoms with E-state index in [1.165, 1.54) is 12.1 Å². The molecule has 1 aliphatic heterocycles. The molecule has 1 aliphatic rings. The van der Waals surface area contributed by atoms with Crippen LogP contribution in [0.15, 0.2) is 42.5 Å². The van der Waals surface area contributed by atoms with E-state index in [4.69, 9.17) is 27.2 Å². The molecule has 2 N–H and O–H groups in total. The summed E-state index contributed by atoms with van der Waals surface area (Å²) in [6.45, 7) is -0.512. The first-order valence-electron chi connectivity index (χ1n) is 8.73. The van der Waals surface area contributed by atoms with Gasteiger partial charge in [0.15, 0.2) is 0 Å². The Morgan fingerprint density at radius 2 is 1.77 bits per heavy atom. The highest BCUT2D eigenvalue weighted by Gasteiger charge is 2.38. The van der Waals surface area contributed by atoms with Gasteiger partial charge in [-0.05, 0) is 35.7 Å². The van der Waals surface area contributed by atoms with Gasteiger partial charge in [-0.15, -0.1) is 0 Å². The van der Waals surface area contributed by atoms with Gasteiger partial charge in [0.25, 0.3) is 0 Å². The van der Waals surface area contributed by atoms with E-state index in [1.807, 2.05) is 0 Å². The van der Waals surface area contributed by atoms with Crippen molar-refractivity contribution in [2.75, 3.05) is 6.54 Å². The molecule has 1 fully saturated rings. The number of aliphatic carboxylic acids is 2. The van der Waals surface area contributed by atoms with E-state index in [0.29, 0.717) is 11.3 Å². The van der Waals surface area contributed by atoms with E-state index in [1.54, 1.807) is 30.3 Å². The van der Waals surface area contributed by atoms with Crippen molar-refractivity contribution >= 4 is 46.1 Å². The van der Waals surface area contributed by atoms with E-state index < -0.39 is 35.5 Å². The summed E-state index contributed by atoms with van der Waals surface area (Å²) in [5.41, 5.74) is 0.898. The first-order valence-corrected chi connectivity index (χ1v) is 10.0. The summed E-state index contributed by atoms with van der Waals surface area (Å²) in [6.07, 6.45) is -0.0371. The fraction of sp³-hybridized carbons (Fsp3) is 0.200. The fourth-order valence-electron chi connectivity index (χ4n) is 2.85. The van der Waals surface area contributed by atoms with E-state index in [9.17, 15) is 18.8 Å². The van der Waals surface area contributed by atoms with Gasteiger partial charge in [-0.25, -0.2) is 4.39 Å². The van der Waals surface area contributed by atoms with Crippen molar-refractivity contribution in [1.82, 2.24) is 4.90 Å². The van der Waals surface area contributed by atoms with E-state index in [2.05, 4.69) is 0 Å². The molecule has 2 aromatic carbocycles. The smallest absolute Gasteiger partial charge is 0.323 e. The van der Waals surface area contributed by atoms with Crippen LogP contribution in [0.1, 0.15) is 11.1 Å². The van der Waals surface area contributed by atoms with E-state index >= 15 is 0 Å². The Hall–Kier alpha value is -2.98. The fourth-order valence-corrected chi connectivity index (χ4v) is 4.37. The molecule has 0 aromatic heterocycles. The first-order chi connectivity index (χ1) is 14.2. The van der Waals surface area contributed by atoms with Gasteiger partial charge in [-0.3, -0.25) is 19.3 Å². The molecule has 10 heteroatoms. The SMILES string of the molecule is O=C(O)Cc1ccc(Oc2ccc(CC3SC(=S)N(CC(=O)O)C3=O)c(F)c2)cc1. The summed E-state index contributed by atoms with van der Waals surface area (Å²) in [6, 6.07) is 10.7. The molecular formula is C20H16FNO6S2. The third kappa shape index (κ3) is 5.33. The maximum atomic E-state index is 14.5. The zero-order valence-corrected chi connectivity index (χ0v) is 17.0. The number of ether oxygens (including phenoxy) is 1. The second kappa shape index (κ2) is 9.23. The molecule has 156 valence electrons. The van der Waals surface area contributed by atoms with Gasteiger partial charge >= 0.3 is 11.9 Å². The van der Waals surface area contributed by atoms with Crippen molar-refractivity contribution in [3.63, 3.8) is 0 Å². The number of halogens is 1. The summed E-state index contributed by atoms with van der Waals surface area (Å²) in [5, 5.41) is 17.0. The molecule has 0 radical (unpaired) electrons. The Morgan fingerprint density at radius 3 is 2.37 bits per heavy atom. The third-order valence-electron chi connectivity index (χ3n) is 4.24. The Bertz CT molecular complexity index is 1010. The average molecular weight is 449 g/mol. The monoisotopic (exact) mass is 449 g/mol. The second-order valence-electron chi connectivity index (χ2n) is 6.46. The molecule has 0 saturated carbocycles. The highest BCUT2D eigenvalue weighted by Crippen LogP contribution is 2.31. The van der Waals surface area contributed by atoms with Gasteiger partial charge in [0.05, 0.1) is 11.7 Å². The van der Waals surface area contributed by atoms with Crippen LogP contribution in [0, 0.1) is 5.82 Å². The molecular weight excluding hydrogens is 433 g/mol. The molecule has 30 heavy (non-hydrogen) atoms. The number of carboxylic acids is 2. The lowest BCUT2D eigenvalue weighted by Crippen LogP contribution is -2.36. The van der Waals surface area contributed by atoms with Crippen LogP contribution >= 0.6 is 24.0 Å². The zero-order valence-electron chi connectivity index (χ0n) is 15.4. The standard InChI is InChI=1S/C20H16FNO6S2/c21-15-9-14(28-13-4-1-11(2-5-13)7-17(23)24)6-3-12(15)8-16-19(27)22(10-18(25)26)20(29)30-16/h1-6,9,16H,7-8,10H2,(H,23,24)(H,25,26). The lowest BCUT2D eigenvalue weighted by molar-refractivity contribution is -0.141. The van der Waals surface area contributed by atoms with Gasteiger partial charge in [-0.2, -0.15) is 0 Å². The molecule has 0 spiro atoms. The lowest BCUT2D eigenvalue weighted by Gasteiger charge is -2.13. The largest absolute Gasteiger partial charge is 0.481 e. The molecule has 1 atom stereocenters. The van der Waals surface area contributed by atoms with Crippen LogP contribution in [-0.2, 0) is 27.2 Å². The quantitative estimate of drug-likeness (QED) is 0.593. The summed E-state index contributed by atoms with van der Waals surface area (Å²) in [5.74, 6) is -2.45. The Balaban J connectivity index is 1.65. The van der Waals surface area contributed by atoms with E-state index in [0.717, 1.165) is 16.7 Å². The number of benzene rings is 2. The molecule has 1 saturated heterocycles. The van der Waals surface area contributed by atoms with Gasteiger partial charge in [-0.1, -0.05) is 42.2 Å². The number of nitrogens with zero attached hydrogens (tertiary/aromatic N) is 1. The van der Waals surface area contributed by atoms with Gasteiger partial charge < -0.3 is 14.9 Å². The molecule has 7 nitrogen and oxygen atoms in total. The number of hydrogen-bond donors (Lipinski definition) is 2. The van der Waals surface area contributed by atoms with Crippen LogP contribution in [0.2, 0.25) is 0 Å². The number of rotatable bonds is 8. The Labute approximate surface area is 180 Å². The molecule has 1 heterocycles. The van der Waals surface area contributed by atoms with Gasteiger partial charge in [0.2, 0.25) is 5.91 Å². The van der Waals surface area contributed by atoms with Crippen molar-refractivity contribution in [1.29, 1.82) is 0 Å². The van der Waals surface area contributed by atoms with Crippen LogP contribution in [0.25, 0.3) is 0 Å². The maximum Gasteiger partial charge on any atom is 0.323 e. The van der Waals surface area contributed by atoms with Crippen LogP contribution in [0.4, 0.5) is 4.39 Å². The van der Waals surface area contributed by atoms with Crippen molar-refractivity contribution < 1.29 is 33.7 Å². The zero-order chi connectivity index (χ0) is 21.8. The molecule has 2 aromatic rings. The average Bonchev–Trinajstić information content (AvgIpc) is 2.92. The molecule has 1 unspecified atom stereocenters. The summed E-state index contributed by atoms with van der Waals surface area (Å²) in [4.78, 5) is 34.9. The molecule has 1 amide bonds. The van der Waals surface area contributed by atoms with E-state index in [-0.39, 0.29) is 28.5 Å². The lowest BCUT2D eigenvalue weighted by atomic mass is 10.1. The molecule has 0 aliphatic carbocycles. The topological polar surface area (TPSA) is 104 Å². The minimum atomic E-state index is -1.17. The number of hydrogen-bond acceptors (Lipinski definition) is 6. The molecule has 3 rings (SSSR count). The highest BCUT2D eigenvalue weighted by atomic mass is 32.2. The van der Waals surface area contributed by atoms with Crippen LogP contribution in [0.3, 0.4) is 0 Å². The number of thioether (sulfide) groups is 1. The van der Waals surface area contributed by atoms with Gasteiger partial charge in [0, 0.05) is 6.07 Å². The summed E-state index contributed by atoms with van der Waals surface area (Å²) < 4.78 is 20.3. The van der Waals surface area contributed by atoms with Crippen LogP contribution in [-0.4, -0.2) is 49.1 Å². The Morgan fingerprint density at radius 1 is 1.10 bits per heavy atom. The first kappa shape index (κ1) is 21.7. The number of carboxylic acid groups (broad SMARTS) is 2.